The van der Waals surface area contributed by atoms with E-state index in [-0.39, 0.29) is 0 Å². The Hall–Kier alpha value is -2.44. The lowest BCUT2D eigenvalue weighted by Gasteiger charge is -2.19. The van der Waals surface area contributed by atoms with Crippen molar-refractivity contribution < 1.29 is 0 Å². The van der Waals surface area contributed by atoms with Gasteiger partial charge in [0.1, 0.15) is 0 Å². The summed E-state index contributed by atoms with van der Waals surface area (Å²) in [6.07, 6.45) is 0. The molecular formula is C22H34N6. The van der Waals surface area contributed by atoms with Crippen LogP contribution >= 0.6 is 0 Å². The third kappa shape index (κ3) is 6.04. The first-order chi connectivity index (χ1) is 13.5. The van der Waals surface area contributed by atoms with Gasteiger partial charge in [0, 0.05) is 24.5 Å². The Labute approximate surface area is 169 Å². The van der Waals surface area contributed by atoms with E-state index in [0.29, 0.717) is 0 Å². The SMILES string of the molecule is CCN(CC)Cc1cc(N)ccc1N=Nc1ccc(N)cc1CN(CC)CC. The molecule has 0 heterocycles. The van der Waals surface area contributed by atoms with E-state index in [4.69, 9.17) is 11.5 Å². The summed E-state index contributed by atoms with van der Waals surface area (Å²) >= 11 is 0. The average molecular weight is 383 g/mol. The lowest BCUT2D eigenvalue weighted by atomic mass is 10.1. The van der Waals surface area contributed by atoms with Gasteiger partial charge in [-0.05, 0) is 73.7 Å². The molecule has 0 unspecified atom stereocenters. The van der Waals surface area contributed by atoms with E-state index in [1.807, 2.05) is 36.4 Å². The Bertz CT molecular complexity index is 713. The molecule has 0 saturated heterocycles. The molecule has 0 bridgehead atoms. The van der Waals surface area contributed by atoms with Crippen molar-refractivity contribution in [3.05, 3.63) is 47.5 Å². The zero-order valence-corrected chi connectivity index (χ0v) is 17.7. The van der Waals surface area contributed by atoms with Crippen LogP contribution in [0.5, 0.6) is 0 Å². The van der Waals surface area contributed by atoms with Crippen LogP contribution in [0.2, 0.25) is 0 Å². The van der Waals surface area contributed by atoms with E-state index in [0.717, 1.165) is 73.1 Å². The lowest BCUT2D eigenvalue weighted by molar-refractivity contribution is 0.296. The molecule has 0 aliphatic rings. The molecule has 4 N–H and O–H groups in total. The van der Waals surface area contributed by atoms with Crippen LogP contribution in [-0.4, -0.2) is 36.0 Å². The van der Waals surface area contributed by atoms with E-state index in [1.54, 1.807) is 0 Å². The van der Waals surface area contributed by atoms with Crippen LogP contribution in [0.25, 0.3) is 0 Å². The predicted octanol–water partition coefficient (Wildman–Crippen LogP) is 4.95. The van der Waals surface area contributed by atoms with Crippen molar-refractivity contribution in [3.63, 3.8) is 0 Å². The van der Waals surface area contributed by atoms with Crippen molar-refractivity contribution in [3.8, 4) is 0 Å². The Morgan fingerprint density at radius 1 is 0.643 bits per heavy atom. The van der Waals surface area contributed by atoms with Crippen LogP contribution in [0.15, 0.2) is 46.6 Å². The predicted molar refractivity (Wildman–Crippen MR) is 119 cm³/mol. The van der Waals surface area contributed by atoms with Gasteiger partial charge in [-0.25, -0.2) is 0 Å². The summed E-state index contributed by atoms with van der Waals surface area (Å²) in [5, 5.41) is 9.14. The first-order valence-electron chi connectivity index (χ1n) is 10.1. The standard InChI is InChI=1S/C22H34N6/c1-5-27(6-2)15-17-13-19(23)9-11-21(17)25-26-22-12-10-20(24)14-18(22)16-28(7-3)8-4/h9-14H,5-8,15-16,23-24H2,1-4H3. The van der Waals surface area contributed by atoms with E-state index in [2.05, 4.69) is 47.7 Å². The summed E-state index contributed by atoms with van der Waals surface area (Å²) in [4.78, 5) is 4.67. The fourth-order valence-electron chi connectivity index (χ4n) is 3.14. The summed E-state index contributed by atoms with van der Waals surface area (Å²) < 4.78 is 0. The number of anilines is 2. The van der Waals surface area contributed by atoms with Gasteiger partial charge in [0.2, 0.25) is 0 Å². The molecule has 2 aromatic rings. The highest BCUT2D eigenvalue weighted by Gasteiger charge is 2.10. The van der Waals surface area contributed by atoms with Crippen molar-refractivity contribution in [2.45, 2.75) is 40.8 Å². The summed E-state index contributed by atoms with van der Waals surface area (Å²) in [7, 11) is 0. The summed E-state index contributed by atoms with van der Waals surface area (Å²) in [6.45, 7) is 14.2. The number of benzene rings is 2. The Kier molecular flexibility index (Phi) is 8.42. The molecule has 0 fully saturated rings. The number of nitrogens with zero attached hydrogens (tertiary/aromatic N) is 4. The van der Waals surface area contributed by atoms with Gasteiger partial charge in [0.05, 0.1) is 11.4 Å². The average Bonchev–Trinajstić information content (AvgIpc) is 2.70. The van der Waals surface area contributed by atoms with Crippen LogP contribution in [0.3, 0.4) is 0 Å². The van der Waals surface area contributed by atoms with Gasteiger partial charge in [-0.1, -0.05) is 27.7 Å². The van der Waals surface area contributed by atoms with Crippen LogP contribution in [-0.2, 0) is 13.1 Å². The fourth-order valence-corrected chi connectivity index (χ4v) is 3.14. The number of azo groups is 1. The van der Waals surface area contributed by atoms with Crippen LogP contribution < -0.4 is 11.5 Å². The van der Waals surface area contributed by atoms with Gasteiger partial charge < -0.3 is 11.5 Å². The smallest absolute Gasteiger partial charge is 0.0903 e. The van der Waals surface area contributed by atoms with Crippen LogP contribution in [0, 0.1) is 0 Å². The minimum Gasteiger partial charge on any atom is -0.399 e. The molecule has 0 aliphatic heterocycles. The number of rotatable bonds is 10. The van der Waals surface area contributed by atoms with Crippen molar-refractivity contribution in [2.75, 3.05) is 37.6 Å². The lowest BCUT2D eigenvalue weighted by Crippen LogP contribution is -2.22. The number of nitrogen functional groups attached to an aromatic ring is 2. The molecule has 0 atom stereocenters. The monoisotopic (exact) mass is 382 g/mol. The van der Waals surface area contributed by atoms with E-state index >= 15 is 0 Å². The Morgan fingerprint density at radius 2 is 1.00 bits per heavy atom. The molecule has 0 spiro atoms. The minimum absolute atomic E-state index is 0.746. The van der Waals surface area contributed by atoms with Gasteiger partial charge >= 0.3 is 0 Å². The maximum absolute atomic E-state index is 6.01. The van der Waals surface area contributed by atoms with E-state index in [9.17, 15) is 0 Å². The summed E-state index contributed by atoms with van der Waals surface area (Å²) in [5.74, 6) is 0. The molecule has 6 heteroatoms. The maximum Gasteiger partial charge on any atom is 0.0903 e. The molecule has 152 valence electrons. The molecule has 0 radical (unpaired) electrons. The zero-order valence-electron chi connectivity index (χ0n) is 17.7. The van der Waals surface area contributed by atoms with Gasteiger partial charge in [0.15, 0.2) is 0 Å². The Balaban J connectivity index is 2.33. The molecule has 0 amide bonds. The highest BCUT2D eigenvalue weighted by Crippen LogP contribution is 2.29. The normalized spacial score (nSPS) is 11.8. The molecule has 0 aromatic heterocycles. The molecule has 0 aliphatic carbocycles. The highest BCUT2D eigenvalue weighted by atomic mass is 15.1. The molecule has 2 rings (SSSR count). The maximum atomic E-state index is 6.01. The quantitative estimate of drug-likeness (QED) is 0.450. The third-order valence-electron chi connectivity index (χ3n) is 5.05. The van der Waals surface area contributed by atoms with Crippen molar-refractivity contribution in [1.82, 2.24) is 9.80 Å². The number of hydrogen-bond acceptors (Lipinski definition) is 6. The first kappa shape index (κ1) is 21.9. The van der Waals surface area contributed by atoms with Crippen LogP contribution in [0.4, 0.5) is 22.7 Å². The Morgan fingerprint density at radius 3 is 1.32 bits per heavy atom. The second kappa shape index (κ2) is 10.8. The topological polar surface area (TPSA) is 83.2 Å². The minimum atomic E-state index is 0.746. The van der Waals surface area contributed by atoms with Gasteiger partial charge in [-0.15, -0.1) is 0 Å². The van der Waals surface area contributed by atoms with Crippen molar-refractivity contribution in [1.29, 1.82) is 0 Å². The van der Waals surface area contributed by atoms with E-state index < -0.39 is 0 Å². The third-order valence-corrected chi connectivity index (χ3v) is 5.05. The molecule has 2 aromatic carbocycles. The molecule has 0 saturated carbocycles. The van der Waals surface area contributed by atoms with Crippen LogP contribution in [0.1, 0.15) is 38.8 Å². The number of nitrogens with two attached hydrogens (primary N) is 2. The fraction of sp³-hybridized carbons (Fsp3) is 0.455. The first-order valence-corrected chi connectivity index (χ1v) is 10.1. The second-order valence-electron chi connectivity index (χ2n) is 6.90. The zero-order chi connectivity index (χ0) is 20.5. The van der Waals surface area contributed by atoms with Gasteiger partial charge in [-0.2, -0.15) is 10.2 Å². The second-order valence-corrected chi connectivity index (χ2v) is 6.90. The molecule has 6 nitrogen and oxygen atoms in total. The van der Waals surface area contributed by atoms with Gasteiger partial charge in [-0.3, -0.25) is 9.80 Å². The van der Waals surface area contributed by atoms with E-state index in [1.165, 1.54) is 0 Å². The summed E-state index contributed by atoms with van der Waals surface area (Å²) in [5.41, 5.74) is 17.4. The highest BCUT2D eigenvalue weighted by molar-refractivity contribution is 5.57. The van der Waals surface area contributed by atoms with Crippen molar-refractivity contribution >= 4 is 22.7 Å². The van der Waals surface area contributed by atoms with Gasteiger partial charge in [0.25, 0.3) is 0 Å². The summed E-state index contributed by atoms with van der Waals surface area (Å²) in [6, 6.07) is 11.6. The van der Waals surface area contributed by atoms with Crippen molar-refractivity contribution in [2.24, 2.45) is 10.2 Å². The molecular weight excluding hydrogens is 348 g/mol. The molecule has 28 heavy (non-hydrogen) atoms. The number of hydrogen-bond donors (Lipinski definition) is 2. The largest absolute Gasteiger partial charge is 0.399 e.